The maximum absolute atomic E-state index is 13.0. The molecule has 0 radical (unpaired) electrons. The molecular formula is C18H21Cl2N3O4S. The third kappa shape index (κ3) is 3.91. The summed E-state index contributed by atoms with van der Waals surface area (Å²) >= 11 is 12.0. The molecule has 152 valence electrons. The third-order valence-electron chi connectivity index (χ3n) is 4.66. The van der Waals surface area contributed by atoms with Crippen molar-refractivity contribution in [3.05, 3.63) is 45.3 Å². The SMILES string of the molecule is Cc1noc(C(C)C)c1C(=O)N1CCN(S(=O)(=O)c2cc(Cl)ccc2Cl)CC1. The molecule has 1 fully saturated rings. The van der Waals surface area contributed by atoms with Gasteiger partial charge in [-0.2, -0.15) is 4.31 Å². The minimum atomic E-state index is -3.80. The molecule has 2 heterocycles. The fourth-order valence-electron chi connectivity index (χ4n) is 3.15. The van der Waals surface area contributed by atoms with E-state index in [2.05, 4.69) is 5.16 Å². The highest BCUT2D eigenvalue weighted by Gasteiger charge is 2.34. The van der Waals surface area contributed by atoms with Gasteiger partial charge in [-0.1, -0.05) is 42.2 Å². The fraction of sp³-hybridized carbons (Fsp3) is 0.444. The molecule has 0 spiro atoms. The lowest BCUT2D eigenvalue weighted by Crippen LogP contribution is -2.50. The zero-order chi connectivity index (χ0) is 20.6. The summed E-state index contributed by atoms with van der Waals surface area (Å²) in [5.74, 6) is 0.371. The number of halogens is 2. The van der Waals surface area contributed by atoms with E-state index in [0.717, 1.165) is 0 Å². The van der Waals surface area contributed by atoms with Crippen molar-refractivity contribution in [1.29, 1.82) is 0 Å². The number of piperazine rings is 1. The van der Waals surface area contributed by atoms with Crippen LogP contribution in [0.5, 0.6) is 0 Å². The van der Waals surface area contributed by atoms with Crippen molar-refractivity contribution in [2.45, 2.75) is 31.6 Å². The first-order chi connectivity index (χ1) is 13.1. The molecule has 1 aliphatic heterocycles. The van der Waals surface area contributed by atoms with Gasteiger partial charge >= 0.3 is 0 Å². The van der Waals surface area contributed by atoms with E-state index in [4.69, 9.17) is 27.7 Å². The second kappa shape index (κ2) is 8.02. The molecule has 1 aromatic carbocycles. The molecule has 0 atom stereocenters. The van der Waals surface area contributed by atoms with Crippen LogP contribution in [0.25, 0.3) is 0 Å². The molecule has 0 bridgehead atoms. The van der Waals surface area contributed by atoms with Gasteiger partial charge in [-0.15, -0.1) is 0 Å². The minimum Gasteiger partial charge on any atom is -0.360 e. The Balaban J connectivity index is 1.77. The summed E-state index contributed by atoms with van der Waals surface area (Å²) < 4.78 is 32.4. The molecule has 1 amide bonds. The molecule has 28 heavy (non-hydrogen) atoms. The van der Waals surface area contributed by atoms with Gasteiger partial charge in [0.05, 0.1) is 10.7 Å². The number of aryl methyl sites for hydroxylation is 1. The molecule has 0 N–H and O–H groups in total. The third-order valence-corrected chi connectivity index (χ3v) is 7.28. The Morgan fingerprint density at radius 2 is 1.82 bits per heavy atom. The standard InChI is InChI=1S/C18H21Cl2N3O4S/c1-11(2)17-16(12(3)21-27-17)18(24)22-6-8-23(9-7-22)28(25,26)15-10-13(19)4-5-14(15)20/h4-5,10-11H,6-9H2,1-3H3. The molecule has 2 aromatic rings. The first kappa shape index (κ1) is 21.1. The lowest BCUT2D eigenvalue weighted by molar-refractivity contribution is 0.0694. The summed E-state index contributed by atoms with van der Waals surface area (Å²) in [6, 6.07) is 4.33. The molecule has 7 nitrogen and oxygen atoms in total. The van der Waals surface area contributed by atoms with Crippen LogP contribution >= 0.6 is 23.2 Å². The van der Waals surface area contributed by atoms with Crippen LogP contribution in [0.1, 0.15) is 41.6 Å². The van der Waals surface area contributed by atoms with Gasteiger partial charge in [0, 0.05) is 37.1 Å². The van der Waals surface area contributed by atoms with Crippen molar-refractivity contribution in [2.24, 2.45) is 0 Å². The molecule has 0 aliphatic carbocycles. The van der Waals surface area contributed by atoms with Crippen LogP contribution in [0.15, 0.2) is 27.6 Å². The van der Waals surface area contributed by atoms with Crippen molar-refractivity contribution in [3.8, 4) is 0 Å². The van der Waals surface area contributed by atoms with E-state index in [9.17, 15) is 13.2 Å². The van der Waals surface area contributed by atoms with Gasteiger partial charge in [0.1, 0.15) is 10.5 Å². The van der Waals surface area contributed by atoms with Crippen LogP contribution in [0, 0.1) is 6.92 Å². The van der Waals surface area contributed by atoms with E-state index in [1.807, 2.05) is 13.8 Å². The van der Waals surface area contributed by atoms with E-state index >= 15 is 0 Å². The van der Waals surface area contributed by atoms with Crippen LogP contribution < -0.4 is 0 Å². The van der Waals surface area contributed by atoms with Gasteiger partial charge in [-0.3, -0.25) is 4.79 Å². The number of rotatable bonds is 4. The maximum atomic E-state index is 13.0. The molecule has 1 aliphatic rings. The number of benzene rings is 1. The Kier molecular flexibility index (Phi) is 6.05. The summed E-state index contributed by atoms with van der Waals surface area (Å²) in [7, 11) is -3.80. The molecule has 10 heteroatoms. The average molecular weight is 446 g/mol. The van der Waals surface area contributed by atoms with E-state index in [0.29, 0.717) is 22.0 Å². The van der Waals surface area contributed by atoms with Gasteiger partial charge in [0.25, 0.3) is 5.91 Å². The van der Waals surface area contributed by atoms with E-state index in [-0.39, 0.29) is 47.9 Å². The first-order valence-electron chi connectivity index (χ1n) is 8.83. The maximum Gasteiger partial charge on any atom is 0.259 e. The van der Waals surface area contributed by atoms with Crippen molar-refractivity contribution >= 4 is 39.1 Å². The minimum absolute atomic E-state index is 0.0202. The normalized spacial score (nSPS) is 16.0. The van der Waals surface area contributed by atoms with Gasteiger partial charge in [0.15, 0.2) is 5.76 Å². The summed E-state index contributed by atoms with van der Waals surface area (Å²) in [4.78, 5) is 14.5. The second-order valence-electron chi connectivity index (χ2n) is 6.93. The number of carbonyl (C=O) groups is 1. The summed E-state index contributed by atoms with van der Waals surface area (Å²) in [5.41, 5.74) is 0.999. The van der Waals surface area contributed by atoms with Gasteiger partial charge < -0.3 is 9.42 Å². The number of hydrogen-bond donors (Lipinski definition) is 0. The number of aromatic nitrogens is 1. The lowest BCUT2D eigenvalue weighted by atomic mass is 10.0. The summed E-state index contributed by atoms with van der Waals surface area (Å²) in [6.07, 6.45) is 0. The molecular weight excluding hydrogens is 425 g/mol. The van der Waals surface area contributed by atoms with E-state index < -0.39 is 10.0 Å². The number of nitrogens with zero attached hydrogens (tertiary/aromatic N) is 3. The number of carbonyl (C=O) groups excluding carboxylic acids is 1. The highest BCUT2D eigenvalue weighted by atomic mass is 35.5. The van der Waals surface area contributed by atoms with Crippen molar-refractivity contribution in [2.75, 3.05) is 26.2 Å². The number of sulfonamides is 1. The van der Waals surface area contributed by atoms with Crippen molar-refractivity contribution in [1.82, 2.24) is 14.4 Å². The van der Waals surface area contributed by atoms with Crippen molar-refractivity contribution in [3.63, 3.8) is 0 Å². The zero-order valence-electron chi connectivity index (χ0n) is 15.8. The lowest BCUT2D eigenvalue weighted by Gasteiger charge is -2.34. The molecule has 3 rings (SSSR count). The Morgan fingerprint density at radius 3 is 2.43 bits per heavy atom. The van der Waals surface area contributed by atoms with Gasteiger partial charge in [-0.05, 0) is 25.1 Å². The number of hydrogen-bond acceptors (Lipinski definition) is 5. The molecule has 1 saturated heterocycles. The Labute approximate surface area is 174 Å². The molecule has 1 aromatic heterocycles. The van der Waals surface area contributed by atoms with E-state index in [1.54, 1.807) is 11.8 Å². The quantitative estimate of drug-likeness (QED) is 0.717. The van der Waals surface area contributed by atoms with Crippen LogP contribution in [0.2, 0.25) is 10.0 Å². The average Bonchev–Trinajstić information content (AvgIpc) is 3.05. The largest absolute Gasteiger partial charge is 0.360 e. The highest BCUT2D eigenvalue weighted by molar-refractivity contribution is 7.89. The van der Waals surface area contributed by atoms with E-state index in [1.165, 1.54) is 22.5 Å². The van der Waals surface area contributed by atoms with Crippen LogP contribution in [0.3, 0.4) is 0 Å². The topological polar surface area (TPSA) is 83.7 Å². The Morgan fingerprint density at radius 1 is 1.18 bits per heavy atom. The first-order valence-corrected chi connectivity index (χ1v) is 11.0. The van der Waals surface area contributed by atoms with Gasteiger partial charge in [-0.25, -0.2) is 8.42 Å². The highest BCUT2D eigenvalue weighted by Crippen LogP contribution is 2.29. The van der Waals surface area contributed by atoms with Crippen LogP contribution in [-0.4, -0.2) is 54.9 Å². The van der Waals surface area contributed by atoms with Crippen LogP contribution in [0.4, 0.5) is 0 Å². The number of amides is 1. The zero-order valence-corrected chi connectivity index (χ0v) is 18.1. The smallest absolute Gasteiger partial charge is 0.259 e. The summed E-state index contributed by atoms with van der Waals surface area (Å²) in [5, 5.41) is 4.32. The van der Waals surface area contributed by atoms with Crippen LogP contribution in [-0.2, 0) is 10.0 Å². The van der Waals surface area contributed by atoms with Gasteiger partial charge in [0.2, 0.25) is 10.0 Å². The monoisotopic (exact) mass is 445 g/mol. The Hall–Kier alpha value is -1.61. The molecule has 0 saturated carbocycles. The summed E-state index contributed by atoms with van der Waals surface area (Å²) in [6.45, 7) is 6.43. The Bertz CT molecular complexity index is 996. The predicted molar refractivity (Wildman–Crippen MR) is 106 cm³/mol. The second-order valence-corrected chi connectivity index (χ2v) is 9.68. The predicted octanol–water partition coefficient (Wildman–Crippen LogP) is 3.56. The fourth-order valence-corrected chi connectivity index (χ4v) is 5.30. The molecule has 0 unspecified atom stereocenters. The van der Waals surface area contributed by atoms with Crippen molar-refractivity contribution < 1.29 is 17.7 Å².